The Morgan fingerprint density at radius 3 is 2.60 bits per heavy atom. The van der Waals surface area contributed by atoms with Crippen LogP contribution >= 0.6 is 0 Å². The minimum atomic E-state index is -0.751. The van der Waals surface area contributed by atoms with Crippen molar-refractivity contribution in [2.75, 3.05) is 20.3 Å². The molecule has 6 atom stereocenters. The topological polar surface area (TPSA) is 151 Å². The van der Waals surface area contributed by atoms with Gasteiger partial charge in [-0.15, -0.1) is 0 Å². The average Bonchev–Trinajstić information content (AvgIpc) is 3.95. The maximum atomic E-state index is 16.8. The van der Waals surface area contributed by atoms with Gasteiger partial charge in [-0.2, -0.15) is 0 Å². The van der Waals surface area contributed by atoms with Gasteiger partial charge in [0.05, 0.1) is 66.4 Å². The van der Waals surface area contributed by atoms with Crippen molar-refractivity contribution in [2.45, 2.75) is 82.8 Å². The Hall–Kier alpha value is -6.15. The normalized spacial score (nSPS) is 23.0. The van der Waals surface area contributed by atoms with E-state index in [1.807, 2.05) is 32.2 Å². The van der Waals surface area contributed by atoms with Crippen molar-refractivity contribution in [1.29, 1.82) is 0 Å². The maximum absolute atomic E-state index is 16.8. The summed E-state index contributed by atoms with van der Waals surface area (Å²) in [6.45, 7) is 4.96. The Labute approximate surface area is 346 Å². The van der Waals surface area contributed by atoms with Gasteiger partial charge in [0.1, 0.15) is 35.0 Å². The number of ether oxygens (including phenoxy) is 3. The molecule has 2 amide bonds. The number of methoxy groups -OCH3 is 1. The summed E-state index contributed by atoms with van der Waals surface area (Å²) in [6.07, 6.45) is 8.10. The van der Waals surface area contributed by atoms with Crippen LogP contribution in [-0.4, -0.2) is 73.7 Å². The summed E-state index contributed by atoms with van der Waals surface area (Å²) < 4.78 is 36.7. The SMILES string of the molecule is COC(=O)N[C@H](C(=O)N1CCC[C@H]1c1ncc(-c2cc(F)c3c(c2)OC(c2ccc4c(c2)OCCC4)n2c-3cc3cc(-c4cnc([C@@H]5C[C@H]6C[C@H]6N5)[nH]4)ccc32)[nH]1)C(C)C. The number of aryl methyl sites for hydroxylation is 1. The number of H-pyrrole nitrogens is 2. The van der Waals surface area contributed by atoms with Crippen LogP contribution in [0.1, 0.15) is 87.0 Å². The number of fused-ring (bicyclic) bond motifs is 7. The molecule has 1 aliphatic carbocycles. The highest BCUT2D eigenvalue weighted by atomic mass is 19.1. The molecule has 3 fully saturated rings. The van der Waals surface area contributed by atoms with Gasteiger partial charge in [-0.25, -0.2) is 19.2 Å². The van der Waals surface area contributed by atoms with E-state index in [0.717, 1.165) is 76.5 Å². The van der Waals surface area contributed by atoms with Crippen LogP contribution in [0.4, 0.5) is 9.18 Å². The molecule has 3 aromatic carbocycles. The van der Waals surface area contributed by atoms with Crippen LogP contribution in [0, 0.1) is 17.7 Å². The minimum Gasteiger partial charge on any atom is -0.493 e. The third-order valence-corrected chi connectivity index (χ3v) is 13.1. The van der Waals surface area contributed by atoms with Crippen molar-refractivity contribution in [1.82, 2.24) is 40.0 Å². The van der Waals surface area contributed by atoms with Crippen LogP contribution in [0.3, 0.4) is 0 Å². The van der Waals surface area contributed by atoms with Gasteiger partial charge < -0.3 is 44.3 Å². The van der Waals surface area contributed by atoms with Crippen molar-refractivity contribution in [3.05, 3.63) is 95.6 Å². The van der Waals surface area contributed by atoms with E-state index < -0.39 is 24.2 Å². The first-order valence-corrected chi connectivity index (χ1v) is 21.1. The number of nitrogens with one attached hydrogen (secondary N) is 4. The Bertz CT molecular complexity index is 2670. The first kappa shape index (κ1) is 36.9. The number of aromatic amines is 2. The van der Waals surface area contributed by atoms with Crippen LogP contribution in [-0.2, 0) is 16.0 Å². The molecule has 6 aromatic rings. The third kappa shape index (κ3) is 6.22. The molecule has 0 bridgehead atoms. The number of imidazole rings is 2. The number of nitrogens with zero attached hydrogens (tertiary/aromatic N) is 4. The summed E-state index contributed by atoms with van der Waals surface area (Å²) in [7, 11) is 1.28. The van der Waals surface area contributed by atoms with Gasteiger partial charge >= 0.3 is 6.09 Å². The summed E-state index contributed by atoms with van der Waals surface area (Å²) in [4.78, 5) is 44.1. The second-order valence-corrected chi connectivity index (χ2v) is 17.3. The number of rotatable bonds is 8. The minimum absolute atomic E-state index is 0.157. The molecule has 7 heterocycles. The molecule has 0 spiro atoms. The number of carbonyl (C=O) groups is 2. The van der Waals surface area contributed by atoms with Crippen molar-refractivity contribution in [3.8, 4) is 45.3 Å². The number of piperidine rings is 1. The second kappa shape index (κ2) is 14.3. The van der Waals surface area contributed by atoms with E-state index >= 15 is 4.39 Å². The van der Waals surface area contributed by atoms with Crippen molar-refractivity contribution in [3.63, 3.8) is 0 Å². The number of alkyl carbamates (subject to hydrolysis) is 1. The van der Waals surface area contributed by atoms with Crippen LogP contribution in [0.25, 0.3) is 44.7 Å². The smallest absolute Gasteiger partial charge is 0.407 e. The van der Waals surface area contributed by atoms with Gasteiger partial charge in [-0.1, -0.05) is 32.0 Å². The summed E-state index contributed by atoms with van der Waals surface area (Å²) in [5.41, 5.74) is 7.17. The Morgan fingerprint density at radius 1 is 0.950 bits per heavy atom. The molecule has 308 valence electrons. The zero-order chi connectivity index (χ0) is 40.8. The van der Waals surface area contributed by atoms with Gasteiger partial charge in [-0.3, -0.25) is 4.79 Å². The monoisotopic (exact) mass is 810 g/mol. The predicted molar refractivity (Wildman–Crippen MR) is 222 cm³/mol. The number of halogens is 1. The average molecular weight is 811 g/mol. The molecule has 60 heavy (non-hydrogen) atoms. The van der Waals surface area contributed by atoms with Gasteiger partial charge in [0, 0.05) is 34.7 Å². The molecule has 11 rings (SSSR count). The van der Waals surface area contributed by atoms with Gasteiger partial charge in [0.2, 0.25) is 12.1 Å². The summed E-state index contributed by atoms with van der Waals surface area (Å²) >= 11 is 0. The zero-order valence-corrected chi connectivity index (χ0v) is 33.8. The van der Waals surface area contributed by atoms with E-state index in [1.54, 1.807) is 11.1 Å². The summed E-state index contributed by atoms with van der Waals surface area (Å²) in [5, 5.41) is 7.33. The van der Waals surface area contributed by atoms with E-state index in [2.05, 4.69) is 61.6 Å². The molecule has 1 unspecified atom stereocenters. The van der Waals surface area contributed by atoms with Crippen LogP contribution < -0.4 is 20.1 Å². The molecule has 4 N–H and O–H groups in total. The maximum Gasteiger partial charge on any atom is 0.407 e. The Morgan fingerprint density at radius 2 is 1.78 bits per heavy atom. The zero-order valence-electron chi connectivity index (χ0n) is 33.8. The number of likely N-dealkylation sites (tertiary alicyclic amines) is 1. The van der Waals surface area contributed by atoms with Crippen LogP contribution in [0.2, 0.25) is 0 Å². The molecule has 5 aliphatic rings. The highest BCUT2D eigenvalue weighted by Crippen LogP contribution is 2.49. The molecule has 14 heteroatoms. The molecule has 13 nitrogen and oxygen atoms in total. The largest absolute Gasteiger partial charge is 0.493 e. The number of hydrogen-bond donors (Lipinski definition) is 4. The van der Waals surface area contributed by atoms with Gasteiger partial charge in [0.15, 0.2) is 0 Å². The standard InChI is InChI=1S/C46H47FN8O5/c1-23(2)41(53-46(57)58-3)44(56)54-12-4-7-36(54)43-49-22-34(52-43)27-15-30(47)40-37-18-29-14-25(33-21-48-42(51-33)32-17-28-16-31(28)50-32)10-11-35(29)55(37)45(60-39(40)20-27)26-9-8-24-6-5-13-59-38(24)19-26/h8-11,14-15,18-23,28,31-32,36,41,45,50H,4-7,12-13,16-17H2,1-3H3,(H,48,51)(H,49,52)(H,53,57)/t28-,31-,32+,36+,41+,45?/m1/s1. The molecular weight excluding hydrogens is 764 g/mol. The quantitative estimate of drug-likeness (QED) is 0.121. The lowest BCUT2D eigenvalue weighted by Gasteiger charge is -2.31. The lowest BCUT2D eigenvalue weighted by atomic mass is 10.0. The number of aromatic nitrogens is 5. The fraction of sp³-hybridized carbons (Fsp3) is 0.391. The first-order chi connectivity index (χ1) is 29.2. The summed E-state index contributed by atoms with van der Waals surface area (Å²) in [6, 6.07) is 17.8. The highest BCUT2D eigenvalue weighted by molar-refractivity contribution is 5.93. The Balaban J connectivity index is 0.949. The van der Waals surface area contributed by atoms with Gasteiger partial charge in [0.25, 0.3) is 0 Å². The number of carbonyl (C=O) groups excluding carboxylic acids is 2. The summed E-state index contributed by atoms with van der Waals surface area (Å²) in [5.74, 6) is 2.81. The molecule has 4 aliphatic heterocycles. The van der Waals surface area contributed by atoms with Gasteiger partial charge in [-0.05, 0) is 92.3 Å². The predicted octanol–water partition coefficient (Wildman–Crippen LogP) is 7.96. The first-order valence-electron chi connectivity index (χ1n) is 21.1. The van der Waals surface area contributed by atoms with E-state index in [4.69, 9.17) is 24.2 Å². The number of benzene rings is 3. The fourth-order valence-electron chi connectivity index (χ4n) is 9.87. The molecule has 1 saturated carbocycles. The molecule has 0 radical (unpaired) electrons. The Kier molecular flexibility index (Phi) is 8.76. The highest BCUT2D eigenvalue weighted by Gasteiger charge is 2.47. The lowest BCUT2D eigenvalue weighted by Crippen LogP contribution is -2.51. The molecular formula is C46H47FN8O5. The van der Waals surface area contributed by atoms with Crippen LogP contribution in [0.5, 0.6) is 11.5 Å². The van der Waals surface area contributed by atoms with Crippen molar-refractivity contribution >= 4 is 22.9 Å². The van der Waals surface area contributed by atoms with E-state index in [0.29, 0.717) is 59.7 Å². The van der Waals surface area contributed by atoms with Crippen molar-refractivity contribution in [2.24, 2.45) is 11.8 Å². The van der Waals surface area contributed by atoms with E-state index in [1.165, 1.54) is 19.6 Å². The van der Waals surface area contributed by atoms with E-state index in [9.17, 15) is 9.59 Å². The van der Waals surface area contributed by atoms with E-state index in [-0.39, 0.29) is 23.9 Å². The molecule has 2 saturated heterocycles. The van der Waals surface area contributed by atoms with Crippen LogP contribution in [0.15, 0.2) is 67.0 Å². The fourth-order valence-corrected chi connectivity index (χ4v) is 9.87. The number of amides is 2. The van der Waals surface area contributed by atoms with Crippen molar-refractivity contribution < 1.29 is 28.2 Å². The third-order valence-electron chi connectivity index (χ3n) is 13.1. The lowest BCUT2D eigenvalue weighted by molar-refractivity contribution is -0.135. The second-order valence-electron chi connectivity index (χ2n) is 17.3. The molecule has 3 aromatic heterocycles. The number of hydrogen-bond acceptors (Lipinski definition) is 8.